The van der Waals surface area contributed by atoms with Crippen LogP contribution in [0.5, 0.6) is 5.75 Å². The summed E-state index contributed by atoms with van der Waals surface area (Å²) in [6, 6.07) is 12.8. The zero-order valence-electron chi connectivity index (χ0n) is 19.2. The number of anilines is 1. The highest BCUT2D eigenvalue weighted by molar-refractivity contribution is 6.32. The summed E-state index contributed by atoms with van der Waals surface area (Å²) in [5.74, 6) is -0.210. The van der Waals surface area contributed by atoms with Crippen molar-refractivity contribution in [3.8, 4) is 5.75 Å². The molecule has 192 valence electrons. The quantitative estimate of drug-likeness (QED) is 0.512. The first-order chi connectivity index (χ1) is 17.1. The topological polar surface area (TPSA) is 76.2 Å². The van der Waals surface area contributed by atoms with E-state index in [4.69, 9.17) is 25.9 Å². The van der Waals surface area contributed by atoms with Crippen molar-refractivity contribution < 1.29 is 37.0 Å². The van der Waals surface area contributed by atoms with E-state index in [2.05, 4.69) is 9.64 Å². The van der Waals surface area contributed by atoms with E-state index >= 15 is 0 Å². The molecule has 3 aliphatic rings. The Morgan fingerprint density at radius 2 is 1.75 bits per heavy atom. The number of benzene rings is 2. The van der Waals surface area contributed by atoms with Crippen LogP contribution in [0, 0.1) is 0 Å². The molecule has 2 aliphatic heterocycles. The Kier molecular flexibility index (Phi) is 7.59. The Bertz CT molecular complexity index is 1130. The Morgan fingerprint density at radius 1 is 1.11 bits per heavy atom. The van der Waals surface area contributed by atoms with E-state index in [0.717, 1.165) is 24.1 Å². The van der Waals surface area contributed by atoms with Gasteiger partial charge >= 0.3 is 18.6 Å². The summed E-state index contributed by atoms with van der Waals surface area (Å²) in [6.07, 6.45) is -1.79. The maximum absolute atomic E-state index is 12.8. The number of hydrogen-bond acceptors (Lipinski definition) is 6. The summed E-state index contributed by atoms with van der Waals surface area (Å²) in [7, 11) is 0. The molecule has 0 bridgehead atoms. The lowest BCUT2D eigenvalue weighted by Gasteiger charge is -2.37. The summed E-state index contributed by atoms with van der Waals surface area (Å²) in [5, 5.41) is -0.0107. The zero-order chi connectivity index (χ0) is 25.9. The fourth-order valence-corrected chi connectivity index (χ4v) is 5.04. The van der Waals surface area contributed by atoms with Crippen LogP contribution >= 0.6 is 11.6 Å². The highest BCUT2D eigenvalue weighted by Gasteiger charge is 2.47. The van der Waals surface area contributed by atoms with E-state index < -0.39 is 12.0 Å². The average molecular weight is 525 g/mol. The second-order valence-corrected chi connectivity index (χ2v) is 9.56. The van der Waals surface area contributed by atoms with E-state index in [0.29, 0.717) is 44.6 Å². The highest BCUT2D eigenvalue weighted by atomic mass is 35.5. The van der Waals surface area contributed by atoms with Crippen molar-refractivity contribution in [2.24, 2.45) is 0 Å². The molecule has 5 rings (SSSR count). The van der Waals surface area contributed by atoms with Gasteiger partial charge < -0.3 is 9.47 Å². The number of carbonyl (C=O) groups is 1. The fraction of sp³-hybridized carbons (Fsp3) is 0.440. The molecule has 2 aromatic carbocycles. The van der Waals surface area contributed by atoms with Crippen LogP contribution in [-0.4, -0.2) is 48.7 Å². The van der Waals surface area contributed by atoms with Crippen molar-refractivity contribution in [2.75, 3.05) is 24.5 Å². The minimum Gasteiger partial charge on any atom is -0.441 e. The van der Waals surface area contributed by atoms with E-state index in [1.807, 2.05) is 30.3 Å². The lowest BCUT2D eigenvalue weighted by atomic mass is 9.91. The predicted molar refractivity (Wildman–Crippen MR) is 123 cm³/mol. The third-order valence-corrected chi connectivity index (χ3v) is 6.86. The van der Waals surface area contributed by atoms with Gasteiger partial charge in [0.05, 0.1) is 11.6 Å². The first kappa shape index (κ1) is 26.0. The van der Waals surface area contributed by atoms with Gasteiger partial charge in [-0.3, -0.25) is 9.80 Å². The van der Waals surface area contributed by atoms with Gasteiger partial charge in [-0.15, -0.1) is 13.2 Å². The van der Waals surface area contributed by atoms with Crippen LogP contribution in [0.1, 0.15) is 42.7 Å². The minimum absolute atomic E-state index is 0.0107. The van der Waals surface area contributed by atoms with Gasteiger partial charge in [0.25, 0.3) is 0 Å². The normalized spacial score (nSPS) is 19.3. The molecule has 2 aromatic rings. The summed E-state index contributed by atoms with van der Waals surface area (Å²) < 4.78 is 48.6. The number of ether oxygens (including phenoxy) is 2. The molecule has 0 radical (unpaired) electrons. The second kappa shape index (κ2) is 10.5. The van der Waals surface area contributed by atoms with Gasteiger partial charge in [-0.1, -0.05) is 35.9 Å². The van der Waals surface area contributed by atoms with Gasteiger partial charge in [-0.25, -0.2) is 4.79 Å². The Morgan fingerprint density at radius 3 is 2.33 bits per heavy atom. The molecule has 0 N–H and O–H groups in total. The first-order valence-electron chi connectivity index (χ1n) is 11.5. The summed E-state index contributed by atoms with van der Waals surface area (Å²) in [6.45, 7) is 2.52. The maximum Gasteiger partial charge on any atom is 0.573 e. The predicted octanol–water partition coefficient (Wildman–Crippen LogP) is 5.52. The molecule has 3 fully saturated rings. The van der Waals surface area contributed by atoms with Crippen molar-refractivity contribution >= 4 is 29.5 Å². The van der Waals surface area contributed by atoms with Crippen molar-refractivity contribution in [1.82, 2.24) is 4.90 Å². The van der Waals surface area contributed by atoms with E-state index in [1.54, 1.807) is 17.0 Å². The fourth-order valence-electron chi connectivity index (χ4n) is 4.75. The number of likely N-dealkylation sites (tertiary alicyclic amines) is 1. The minimum atomic E-state index is -4.78. The van der Waals surface area contributed by atoms with Crippen molar-refractivity contribution in [1.29, 1.82) is 0 Å². The number of carbonyl (C=O) groups excluding carboxylic acids is 3. The smallest absolute Gasteiger partial charge is 0.441 e. The Hall–Kier alpha value is -3.07. The molecule has 1 spiro atoms. The van der Waals surface area contributed by atoms with Crippen LogP contribution in [-0.2, 0) is 20.9 Å². The van der Waals surface area contributed by atoms with Gasteiger partial charge in [0.1, 0.15) is 5.60 Å². The molecule has 1 aliphatic carbocycles. The molecule has 7 nitrogen and oxygen atoms in total. The summed E-state index contributed by atoms with van der Waals surface area (Å²) >= 11 is 6.21. The number of para-hydroxylation sites is 1. The molecule has 1 amide bonds. The van der Waals surface area contributed by atoms with Crippen LogP contribution in [0.2, 0.25) is 5.02 Å². The van der Waals surface area contributed by atoms with Crippen molar-refractivity contribution in [3.63, 3.8) is 0 Å². The molecule has 1 saturated carbocycles. The van der Waals surface area contributed by atoms with Gasteiger partial charge in [-0.05, 0) is 48.1 Å². The van der Waals surface area contributed by atoms with Gasteiger partial charge in [0.15, 0.2) is 5.75 Å². The third-order valence-electron chi connectivity index (χ3n) is 6.58. The van der Waals surface area contributed by atoms with E-state index in [-0.39, 0.29) is 28.9 Å². The van der Waals surface area contributed by atoms with E-state index in [1.165, 1.54) is 0 Å². The number of amides is 1. The number of nitrogens with zero attached hydrogens (tertiary/aromatic N) is 2. The molecule has 0 atom stereocenters. The largest absolute Gasteiger partial charge is 0.573 e. The molecular weight excluding hydrogens is 501 g/mol. The lowest BCUT2D eigenvalue weighted by Crippen LogP contribution is -2.46. The Balaban J connectivity index is 0.000000967. The number of piperidine rings is 1. The molecule has 36 heavy (non-hydrogen) atoms. The molecule has 11 heteroatoms. The average Bonchev–Trinajstić information content (AvgIpc) is 3.61. The van der Waals surface area contributed by atoms with Crippen LogP contribution in [0.15, 0.2) is 42.5 Å². The van der Waals surface area contributed by atoms with Crippen molar-refractivity contribution in [2.45, 2.75) is 50.1 Å². The van der Waals surface area contributed by atoms with Gasteiger partial charge in [0, 0.05) is 38.2 Å². The third kappa shape index (κ3) is 6.19. The van der Waals surface area contributed by atoms with Crippen LogP contribution in [0.25, 0.3) is 0 Å². The number of hydrogen-bond donors (Lipinski definition) is 0. The summed E-state index contributed by atoms with van der Waals surface area (Å²) in [4.78, 5) is 32.6. The van der Waals surface area contributed by atoms with Gasteiger partial charge in [-0.2, -0.15) is 9.59 Å². The molecule has 2 saturated heterocycles. The lowest BCUT2D eigenvalue weighted by molar-refractivity contribution is -0.274. The number of alkyl halides is 3. The number of halogens is 4. The maximum atomic E-state index is 12.8. The molecule has 0 unspecified atom stereocenters. The standard InChI is InChI=1S/C24H24ClF3N2O3.CO2/c25-20-13-16(12-19(17-6-7-17)21(20)32-24(26,27)28)14-29-10-8-23(9-11-29)15-30(22(31)33-23)18-4-2-1-3-5-18;2-1-3/h1-5,12-13,17H,6-11,14-15H2;. The molecule has 0 aromatic heterocycles. The van der Waals surface area contributed by atoms with E-state index in [9.17, 15) is 18.0 Å². The van der Waals surface area contributed by atoms with Crippen LogP contribution in [0.3, 0.4) is 0 Å². The van der Waals surface area contributed by atoms with Crippen LogP contribution < -0.4 is 9.64 Å². The Labute approximate surface area is 210 Å². The molecular formula is C25H24ClF3N2O5. The van der Waals surface area contributed by atoms with Gasteiger partial charge in [0.2, 0.25) is 0 Å². The first-order valence-corrected chi connectivity index (χ1v) is 11.9. The number of rotatable bonds is 5. The summed E-state index contributed by atoms with van der Waals surface area (Å²) in [5.41, 5.74) is 1.71. The van der Waals surface area contributed by atoms with Crippen LogP contribution in [0.4, 0.5) is 23.7 Å². The SMILES string of the molecule is O=C1OC2(CCN(Cc3cc(Cl)c(OC(F)(F)F)c(C4CC4)c3)CC2)CN1c1ccccc1.O=C=O. The monoisotopic (exact) mass is 524 g/mol. The van der Waals surface area contributed by atoms with Crippen molar-refractivity contribution in [3.05, 3.63) is 58.6 Å². The highest BCUT2D eigenvalue weighted by Crippen LogP contribution is 2.48. The second-order valence-electron chi connectivity index (χ2n) is 9.15. The molecule has 2 heterocycles. The zero-order valence-corrected chi connectivity index (χ0v) is 20.0.